The maximum absolute atomic E-state index is 12.3. The first kappa shape index (κ1) is 20.2. The zero-order chi connectivity index (χ0) is 20.9. The summed E-state index contributed by atoms with van der Waals surface area (Å²) in [5.41, 5.74) is 0.600. The number of hydrogen-bond donors (Lipinski definition) is 1. The van der Waals surface area contributed by atoms with Crippen LogP contribution in [0.5, 0.6) is 11.5 Å². The number of nitro groups is 1. The van der Waals surface area contributed by atoms with E-state index in [1.165, 1.54) is 23.9 Å². The van der Waals surface area contributed by atoms with Crippen molar-refractivity contribution in [3.8, 4) is 11.5 Å². The molecule has 2 aromatic carbocycles. The minimum Gasteiger partial charge on any atom is -0.486 e. The van der Waals surface area contributed by atoms with Gasteiger partial charge in [0.05, 0.1) is 9.82 Å². The van der Waals surface area contributed by atoms with Crippen molar-refractivity contribution >= 4 is 29.4 Å². The molecule has 1 saturated heterocycles. The minimum absolute atomic E-state index is 0.00772. The summed E-state index contributed by atoms with van der Waals surface area (Å²) in [7, 11) is 0. The number of carbonyl (C=O) groups excluding carboxylic acids is 1. The number of nitrogens with zero attached hydrogens (tertiary/aromatic N) is 2. The summed E-state index contributed by atoms with van der Waals surface area (Å²) in [4.78, 5) is 26.6. The van der Waals surface area contributed by atoms with Gasteiger partial charge in [-0.25, -0.2) is 0 Å². The van der Waals surface area contributed by atoms with E-state index in [0.29, 0.717) is 48.3 Å². The zero-order valence-electron chi connectivity index (χ0n) is 16.2. The van der Waals surface area contributed by atoms with Crippen LogP contribution in [-0.2, 0) is 4.79 Å². The fourth-order valence-electron chi connectivity index (χ4n) is 3.24. The Morgan fingerprint density at radius 3 is 2.63 bits per heavy atom. The summed E-state index contributed by atoms with van der Waals surface area (Å²) < 4.78 is 11.1. The summed E-state index contributed by atoms with van der Waals surface area (Å²) in [6, 6.07) is 10.4. The number of nitro benzene ring substituents is 1. The summed E-state index contributed by atoms with van der Waals surface area (Å²) in [5.74, 6) is 1.23. The molecule has 0 atom stereocenters. The van der Waals surface area contributed by atoms with Crippen LogP contribution in [-0.4, -0.2) is 55.1 Å². The second kappa shape index (κ2) is 9.19. The quantitative estimate of drug-likeness (QED) is 0.445. The van der Waals surface area contributed by atoms with Gasteiger partial charge in [-0.3, -0.25) is 14.9 Å². The maximum Gasteiger partial charge on any atom is 0.283 e. The molecule has 1 N–H and O–H groups in total. The Balaban J connectivity index is 1.51. The van der Waals surface area contributed by atoms with Crippen LogP contribution < -0.4 is 14.8 Å². The number of hydrogen-bond acceptors (Lipinski definition) is 7. The fraction of sp³-hybridized carbons (Fsp3) is 0.286. The van der Waals surface area contributed by atoms with Crippen molar-refractivity contribution < 1.29 is 19.2 Å². The highest BCUT2D eigenvalue weighted by Gasteiger charge is 2.18. The van der Waals surface area contributed by atoms with Crippen LogP contribution in [0.25, 0.3) is 6.08 Å². The van der Waals surface area contributed by atoms with Gasteiger partial charge in [0.2, 0.25) is 5.91 Å². The molecule has 4 rings (SSSR count). The van der Waals surface area contributed by atoms with E-state index in [9.17, 15) is 14.9 Å². The number of piperazine rings is 1. The van der Waals surface area contributed by atoms with Crippen molar-refractivity contribution in [2.24, 2.45) is 0 Å². The molecule has 0 bridgehead atoms. The van der Waals surface area contributed by atoms with E-state index in [0.717, 1.165) is 18.0 Å². The number of fused-ring (bicyclic) bond motifs is 1. The van der Waals surface area contributed by atoms with Crippen LogP contribution in [0.3, 0.4) is 0 Å². The SMILES string of the molecule is O=C(/C=C/c1ccc(Sc2ccc3c(c2)OCCO3)c([N+](=O)[O-])c1)N1CCNCC1. The van der Waals surface area contributed by atoms with Crippen molar-refractivity contribution in [1.29, 1.82) is 0 Å². The molecule has 156 valence electrons. The number of rotatable bonds is 5. The highest BCUT2D eigenvalue weighted by molar-refractivity contribution is 7.99. The summed E-state index contributed by atoms with van der Waals surface area (Å²) in [6.07, 6.45) is 3.09. The summed E-state index contributed by atoms with van der Waals surface area (Å²) in [5, 5.41) is 14.8. The molecule has 0 saturated carbocycles. The third kappa shape index (κ3) is 4.74. The Labute approximate surface area is 178 Å². The molecule has 1 amide bonds. The predicted molar refractivity (Wildman–Crippen MR) is 113 cm³/mol. The van der Waals surface area contributed by atoms with Crippen molar-refractivity contribution in [2.75, 3.05) is 39.4 Å². The minimum atomic E-state index is -0.407. The van der Waals surface area contributed by atoms with Gasteiger partial charge < -0.3 is 19.7 Å². The third-order valence-electron chi connectivity index (χ3n) is 4.77. The fourth-order valence-corrected chi connectivity index (χ4v) is 4.17. The van der Waals surface area contributed by atoms with Crippen LogP contribution in [0.2, 0.25) is 0 Å². The van der Waals surface area contributed by atoms with Gasteiger partial charge >= 0.3 is 0 Å². The topological polar surface area (TPSA) is 93.9 Å². The molecular formula is C21H21N3O5S. The lowest BCUT2D eigenvalue weighted by Crippen LogP contribution is -2.45. The van der Waals surface area contributed by atoms with Crippen molar-refractivity contribution in [1.82, 2.24) is 10.2 Å². The average Bonchev–Trinajstić information content (AvgIpc) is 2.78. The first-order valence-corrected chi connectivity index (χ1v) is 10.5. The first-order valence-electron chi connectivity index (χ1n) is 9.64. The lowest BCUT2D eigenvalue weighted by atomic mass is 10.2. The molecule has 2 aliphatic heterocycles. The first-order chi connectivity index (χ1) is 14.6. The molecule has 0 aliphatic carbocycles. The number of amides is 1. The van der Waals surface area contributed by atoms with Gasteiger partial charge in [0.15, 0.2) is 11.5 Å². The van der Waals surface area contributed by atoms with Gasteiger partial charge in [-0.1, -0.05) is 17.8 Å². The molecule has 1 fully saturated rings. The molecule has 2 aromatic rings. The van der Waals surface area contributed by atoms with Crippen molar-refractivity contribution in [2.45, 2.75) is 9.79 Å². The Morgan fingerprint density at radius 1 is 1.10 bits per heavy atom. The maximum atomic E-state index is 12.3. The standard InChI is InChI=1S/C21H21N3O5S/c25-21(23-9-7-22-8-10-23)6-2-15-1-5-20(17(13-15)24(26)27)30-16-3-4-18-19(14-16)29-12-11-28-18/h1-6,13-14,22H,7-12H2/b6-2+. The van der Waals surface area contributed by atoms with Crippen LogP contribution in [0.1, 0.15) is 5.56 Å². The van der Waals surface area contributed by atoms with E-state index >= 15 is 0 Å². The Bertz CT molecular complexity index is 989. The lowest BCUT2D eigenvalue weighted by molar-refractivity contribution is -0.387. The van der Waals surface area contributed by atoms with Gasteiger partial charge in [0.1, 0.15) is 13.2 Å². The van der Waals surface area contributed by atoms with E-state index in [2.05, 4.69) is 5.32 Å². The molecule has 8 nitrogen and oxygen atoms in total. The summed E-state index contributed by atoms with van der Waals surface area (Å²) >= 11 is 1.29. The zero-order valence-corrected chi connectivity index (χ0v) is 17.0. The average molecular weight is 427 g/mol. The number of carbonyl (C=O) groups is 1. The Morgan fingerprint density at radius 2 is 1.87 bits per heavy atom. The largest absolute Gasteiger partial charge is 0.486 e. The molecule has 2 heterocycles. The van der Waals surface area contributed by atoms with Crippen LogP contribution in [0.4, 0.5) is 5.69 Å². The van der Waals surface area contributed by atoms with Crippen LogP contribution in [0, 0.1) is 10.1 Å². The molecule has 30 heavy (non-hydrogen) atoms. The molecule has 0 spiro atoms. The van der Waals surface area contributed by atoms with Crippen molar-refractivity contribution in [3.63, 3.8) is 0 Å². The molecule has 0 unspecified atom stereocenters. The van der Waals surface area contributed by atoms with Crippen molar-refractivity contribution in [3.05, 3.63) is 58.2 Å². The van der Waals surface area contributed by atoms with E-state index in [4.69, 9.17) is 9.47 Å². The second-order valence-corrected chi connectivity index (χ2v) is 7.92. The Hall–Kier alpha value is -3.04. The molecule has 2 aliphatic rings. The molecule has 0 aromatic heterocycles. The van der Waals surface area contributed by atoms with Gasteiger partial charge in [0.25, 0.3) is 5.69 Å². The lowest BCUT2D eigenvalue weighted by Gasteiger charge is -2.26. The monoisotopic (exact) mass is 427 g/mol. The predicted octanol–water partition coefficient (Wildman–Crippen LogP) is 2.96. The van der Waals surface area contributed by atoms with E-state index in [-0.39, 0.29) is 11.6 Å². The van der Waals surface area contributed by atoms with Crippen LogP contribution in [0.15, 0.2) is 52.3 Å². The Kier molecular flexibility index (Phi) is 6.20. The van der Waals surface area contributed by atoms with Gasteiger partial charge in [-0.2, -0.15) is 0 Å². The van der Waals surface area contributed by atoms with Gasteiger partial charge in [-0.15, -0.1) is 0 Å². The smallest absolute Gasteiger partial charge is 0.283 e. The van der Waals surface area contributed by atoms with Gasteiger partial charge in [0, 0.05) is 43.2 Å². The second-order valence-electron chi connectivity index (χ2n) is 6.80. The molecule has 0 radical (unpaired) electrons. The number of nitrogens with one attached hydrogen (secondary N) is 1. The molecule has 9 heteroatoms. The highest BCUT2D eigenvalue weighted by Crippen LogP contribution is 2.40. The summed E-state index contributed by atoms with van der Waals surface area (Å²) in [6.45, 7) is 3.86. The van der Waals surface area contributed by atoms with Crippen LogP contribution >= 0.6 is 11.8 Å². The number of benzene rings is 2. The van der Waals surface area contributed by atoms with Gasteiger partial charge in [-0.05, 0) is 35.9 Å². The normalized spacial score (nSPS) is 15.9. The van der Waals surface area contributed by atoms with E-state index in [1.54, 1.807) is 23.1 Å². The third-order valence-corrected chi connectivity index (χ3v) is 5.82. The highest BCUT2D eigenvalue weighted by atomic mass is 32.2. The van der Waals surface area contributed by atoms with E-state index < -0.39 is 4.92 Å². The number of ether oxygens (including phenoxy) is 2. The molecular weight excluding hydrogens is 406 g/mol. The van der Waals surface area contributed by atoms with E-state index in [1.807, 2.05) is 18.2 Å².